The highest BCUT2D eigenvalue weighted by molar-refractivity contribution is 5.81. The van der Waals surface area contributed by atoms with Gasteiger partial charge >= 0.3 is 12.1 Å². The fraction of sp³-hybridized carbons (Fsp3) is 0.857. The van der Waals surface area contributed by atoms with Gasteiger partial charge in [0.25, 0.3) is 0 Å². The highest BCUT2D eigenvalue weighted by Crippen LogP contribution is 2.29. The molecule has 20 heavy (non-hydrogen) atoms. The Morgan fingerprint density at radius 1 is 1.35 bits per heavy atom. The van der Waals surface area contributed by atoms with E-state index in [0.717, 1.165) is 12.8 Å². The van der Waals surface area contributed by atoms with Crippen LogP contribution < -0.4 is 5.32 Å². The molecule has 0 aromatic heterocycles. The number of hydrogen-bond donors (Lipinski definition) is 1. The van der Waals surface area contributed by atoms with Crippen molar-refractivity contribution in [1.29, 1.82) is 0 Å². The van der Waals surface area contributed by atoms with E-state index in [4.69, 9.17) is 9.47 Å². The van der Waals surface area contributed by atoms with E-state index in [9.17, 15) is 9.59 Å². The highest BCUT2D eigenvalue weighted by Gasteiger charge is 2.37. The Morgan fingerprint density at radius 3 is 2.60 bits per heavy atom. The van der Waals surface area contributed by atoms with Crippen LogP contribution in [0.4, 0.5) is 4.79 Å². The first kappa shape index (κ1) is 16.8. The zero-order valence-electron chi connectivity index (χ0n) is 12.7. The van der Waals surface area contributed by atoms with Crippen molar-refractivity contribution in [3.63, 3.8) is 0 Å². The number of hydrogen-bond acceptors (Lipinski definition) is 5. The van der Waals surface area contributed by atoms with Gasteiger partial charge in [0.05, 0.1) is 25.9 Å². The Bertz CT molecular complexity index is 334. The summed E-state index contributed by atoms with van der Waals surface area (Å²) in [6.07, 6.45) is 1.89. The fourth-order valence-corrected chi connectivity index (χ4v) is 2.62. The molecule has 1 aliphatic rings. The van der Waals surface area contributed by atoms with Crippen molar-refractivity contribution in [2.45, 2.75) is 58.3 Å². The zero-order valence-corrected chi connectivity index (χ0v) is 12.7. The van der Waals surface area contributed by atoms with Crippen molar-refractivity contribution < 1.29 is 23.8 Å². The molecular weight excluding hydrogens is 262 g/mol. The quantitative estimate of drug-likeness (QED) is 0.781. The first-order valence-electron chi connectivity index (χ1n) is 7.18. The largest absolute Gasteiger partial charge is 0.464 e. The third-order valence-electron chi connectivity index (χ3n) is 3.55. The molecule has 0 spiro atoms. The van der Waals surface area contributed by atoms with Crippen LogP contribution >= 0.6 is 0 Å². The summed E-state index contributed by atoms with van der Waals surface area (Å²) >= 11 is 0. The van der Waals surface area contributed by atoms with Crippen LogP contribution in [0, 0.1) is 5.92 Å². The molecule has 1 aliphatic heterocycles. The molecule has 0 bridgehead atoms. The molecule has 1 saturated heterocycles. The summed E-state index contributed by atoms with van der Waals surface area (Å²) in [5.74, 6) is -0.409. The maximum absolute atomic E-state index is 12.1. The first-order chi connectivity index (χ1) is 9.51. The number of methoxy groups -OCH3 is 1. The van der Waals surface area contributed by atoms with Gasteiger partial charge in [0.1, 0.15) is 6.04 Å². The lowest BCUT2D eigenvalue weighted by atomic mass is 9.85. The molecule has 1 heterocycles. The van der Waals surface area contributed by atoms with E-state index < -0.39 is 18.1 Å². The lowest BCUT2D eigenvalue weighted by molar-refractivity contribution is -0.150. The lowest BCUT2D eigenvalue weighted by Crippen LogP contribution is -2.50. The van der Waals surface area contributed by atoms with Crippen LogP contribution in [-0.2, 0) is 19.0 Å². The molecule has 0 aliphatic carbocycles. The van der Waals surface area contributed by atoms with Crippen LogP contribution in [0.25, 0.3) is 0 Å². The van der Waals surface area contributed by atoms with Gasteiger partial charge in [-0.05, 0) is 39.0 Å². The van der Waals surface area contributed by atoms with E-state index >= 15 is 0 Å². The Morgan fingerprint density at radius 2 is 2.05 bits per heavy atom. The average Bonchev–Trinajstić information content (AvgIpc) is 2.43. The predicted octanol–water partition coefficient (Wildman–Crippen LogP) is 1.87. The Kier molecular flexibility index (Phi) is 6.78. The molecule has 0 saturated carbocycles. The second-order valence-corrected chi connectivity index (χ2v) is 5.07. The zero-order chi connectivity index (χ0) is 15.1. The van der Waals surface area contributed by atoms with Crippen molar-refractivity contribution in [2.75, 3.05) is 13.7 Å². The molecule has 1 N–H and O–H groups in total. The first-order valence-corrected chi connectivity index (χ1v) is 7.18. The molecule has 116 valence electrons. The van der Waals surface area contributed by atoms with Gasteiger partial charge in [-0.1, -0.05) is 6.92 Å². The molecule has 0 radical (unpaired) electrons. The van der Waals surface area contributed by atoms with Crippen molar-refractivity contribution in [2.24, 2.45) is 5.92 Å². The van der Waals surface area contributed by atoms with Crippen LogP contribution in [0.3, 0.4) is 0 Å². The van der Waals surface area contributed by atoms with Gasteiger partial charge in [0, 0.05) is 0 Å². The van der Waals surface area contributed by atoms with E-state index in [1.165, 1.54) is 7.11 Å². The van der Waals surface area contributed by atoms with Gasteiger partial charge in [0.15, 0.2) is 0 Å². The van der Waals surface area contributed by atoms with E-state index in [2.05, 4.69) is 10.1 Å². The summed E-state index contributed by atoms with van der Waals surface area (Å²) in [6.45, 7) is 6.06. The molecule has 1 fully saturated rings. The van der Waals surface area contributed by atoms with E-state index in [1.807, 2.05) is 13.8 Å². The maximum Gasteiger partial charge on any atom is 0.407 e. The summed E-state index contributed by atoms with van der Waals surface area (Å²) < 4.78 is 15.4. The Balaban J connectivity index is 2.79. The topological polar surface area (TPSA) is 73.9 Å². The Hall–Kier alpha value is -1.30. The molecule has 1 unspecified atom stereocenters. The minimum absolute atomic E-state index is 0.00171. The van der Waals surface area contributed by atoms with Gasteiger partial charge in [0.2, 0.25) is 0 Å². The number of carbonyl (C=O) groups excluding carboxylic acids is 2. The monoisotopic (exact) mass is 287 g/mol. The SMILES string of the molecule is CCOC(=O)[C@@H](NC(=O)OC)C1C[C@@H](CC)O[C@H](C)C1. The van der Waals surface area contributed by atoms with E-state index in [0.29, 0.717) is 6.42 Å². The molecule has 4 atom stereocenters. The van der Waals surface area contributed by atoms with Crippen LogP contribution in [0.1, 0.15) is 40.0 Å². The molecule has 0 aromatic rings. The normalized spacial score (nSPS) is 27.5. The van der Waals surface area contributed by atoms with Crippen molar-refractivity contribution in [1.82, 2.24) is 5.32 Å². The van der Waals surface area contributed by atoms with Crippen LogP contribution in [0.15, 0.2) is 0 Å². The number of nitrogens with one attached hydrogen (secondary N) is 1. The predicted molar refractivity (Wildman–Crippen MR) is 73.3 cm³/mol. The lowest BCUT2D eigenvalue weighted by Gasteiger charge is -2.36. The van der Waals surface area contributed by atoms with Crippen LogP contribution in [-0.4, -0.2) is 44.0 Å². The van der Waals surface area contributed by atoms with Gasteiger partial charge in [-0.25, -0.2) is 9.59 Å². The van der Waals surface area contributed by atoms with E-state index in [1.54, 1.807) is 6.92 Å². The number of esters is 1. The number of alkyl carbamates (subject to hydrolysis) is 1. The average molecular weight is 287 g/mol. The van der Waals surface area contributed by atoms with Crippen molar-refractivity contribution in [3.8, 4) is 0 Å². The number of rotatable bonds is 5. The van der Waals surface area contributed by atoms with Gasteiger partial charge < -0.3 is 19.5 Å². The van der Waals surface area contributed by atoms with Gasteiger partial charge in [-0.2, -0.15) is 0 Å². The third-order valence-corrected chi connectivity index (χ3v) is 3.55. The molecule has 0 aromatic carbocycles. The van der Waals surface area contributed by atoms with Crippen LogP contribution in [0.2, 0.25) is 0 Å². The smallest absolute Gasteiger partial charge is 0.407 e. The number of amides is 1. The van der Waals surface area contributed by atoms with Gasteiger partial charge in [-0.3, -0.25) is 0 Å². The summed E-state index contributed by atoms with van der Waals surface area (Å²) in [5.41, 5.74) is 0. The van der Waals surface area contributed by atoms with Crippen LogP contribution in [0.5, 0.6) is 0 Å². The maximum atomic E-state index is 12.1. The second-order valence-electron chi connectivity index (χ2n) is 5.07. The van der Waals surface area contributed by atoms with Crippen molar-refractivity contribution in [3.05, 3.63) is 0 Å². The molecule has 6 heteroatoms. The summed E-state index contributed by atoms with van der Waals surface area (Å²) in [5, 5.41) is 2.59. The standard InChI is InChI=1S/C14H25NO5/c1-5-11-8-10(7-9(3)20-11)12(13(16)19-6-2)15-14(17)18-4/h9-12H,5-8H2,1-4H3,(H,15,17)/t9-,10?,11-,12+/m1/s1. The summed E-state index contributed by atoms with van der Waals surface area (Å²) in [4.78, 5) is 23.5. The third kappa shape index (κ3) is 4.67. The molecular formula is C14H25NO5. The fourth-order valence-electron chi connectivity index (χ4n) is 2.62. The second kappa shape index (κ2) is 8.09. The minimum Gasteiger partial charge on any atom is -0.464 e. The number of ether oxygens (including phenoxy) is 3. The number of carbonyl (C=O) groups is 2. The minimum atomic E-state index is -0.678. The van der Waals surface area contributed by atoms with Gasteiger partial charge in [-0.15, -0.1) is 0 Å². The summed E-state index contributed by atoms with van der Waals surface area (Å²) in [7, 11) is 1.28. The molecule has 6 nitrogen and oxygen atoms in total. The highest BCUT2D eigenvalue weighted by atomic mass is 16.5. The van der Waals surface area contributed by atoms with Crippen molar-refractivity contribution >= 4 is 12.1 Å². The molecule has 1 amide bonds. The summed E-state index contributed by atoms with van der Waals surface area (Å²) in [6, 6.07) is -0.678. The Labute approximate surface area is 120 Å². The molecule has 1 rings (SSSR count). The van der Waals surface area contributed by atoms with E-state index in [-0.39, 0.29) is 24.7 Å².